The van der Waals surface area contributed by atoms with Gasteiger partial charge in [0, 0.05) is 16.8 Å². The quantitative estimate of drug-likeness (QED) is 0.269. The van der Waals surface area contributed by atoms with E-state index in [2.05, 4.69) is 27.6 Å². The third-order valence-electron chi connectivity index (χ3n) is 5.54. The van der Waals surface area contributed by atoms with Gasteiger partial charge in [0.25, 0.3) is 5.56 Å². The molecule has 0 unspecified atom stereocenters. The van der Waals surface area contributed by atoms with Gasteiger partial charge in [0.15, 0.2) is 16.3 Å². The first-order valence-corrected chi connectivity index (χ1v) is 13.6. The molecule has 37 heavy (non-hydrogen) atoms. The molecular weight excluding hydrogens is 631 g/mol. The van der Waals surface area contributed by atoms with Gasteiger partial charge in [0.1, 0.15) is 5.75 Å². The van der Waals surface area contributed by atoms with Crippen molar-refractivity contribution < 1.29 is 23.7 Å². The van der Waals surface area contributed by atoms with Gasteiger partial charge in [-0.3, -0.25) is 9.36 Å². The molecule has 0 N–H and O–H groups in total. The Morgan fingerprint density at radius 1 is 1.16 bits per heavy atom. The maximum absolute atomic E-state index is 13.8. The van der Waals surface area contributed by atoms with Crippen LogP contribution in [-0.2, 0) is 9.53 Å². The van der Waals surface area contributed by atoms with E-state index in [4.69, 9.17) is 30.5 Å². The van der Waals surface area contributed by atoms with Crippen molar-refractivity contribution in [1.29, 1.82) is 0 Å². The molecule has 4 rings (SSSR count). The van der Waals surface area contributed by atoms with Gasteiger partial charge in [-0.1, -0.05) is 29.0 Å². The molecule has 2 aromatic carbocycles. The van der Waals surface area contributed by atoms with Gasteiger partial charge >= 0.3 is 5.97 Å². The van der Waals surface area contributed by atoms with E-state index in [-0.39, 0.29) is 11.1 Å². The number of hydrogen-bond acceptors (Lipinski definition) is 8. The third-order valence-corrected chi connectivity index (χ3v) is 7.55. The average molecular weight is 655 g/mol. The first-order valence-electron chi connectivity index (χ1n) is 11.3. The number of fused-ring (bicyclic) bond motifs is 1. The van der Waals surface area contributed by atoms with Crippen LogP contribution in [0.15, 0.2) is 51.9 Å². The van der Waals surface area contributed by atoms with E-state index in [0.717, 1.165) is 3.57 Å². The maximum atomic E-state index is 13.8. The van der Waals surface area contributed by atoms with Crippen LogP contribution < -0.4 is 29.1 Å². The molecule has 0 spiro atoms. The summed E-state index contributed by atoms with van der Waals surface area (Å²) in [5.41, 5.74) is 1.23. The summed E-state index contributed by atoms with van der Waals surface area (Å²) in [4.78, 5) is 31.4. The normalized spacial score (nSPS) is 14.9. The molecule has 0 fully saturated rings. The molecule has 1 aliphatic heterocycles. The van der Waals surface area contributed by atoms with Crippen LogP contribution in [0.2, 0.25) is 5.02 Å². The number of hydrogen-bond donors (Lipinski definition) is 0. The van der Waals surface area contributed by atoms with Crippen molar-refractivity contribution in [3.8, 4) is 17.2 Å². The van der Waals surface area contributed by atoms with Crippen LogP contribution in [0.1, 0.15) is 31.0 Å². The van der Waals surface area contributed by atoms with Crippen LogP contribution >= 0.6 is 45.5 Å². The molecule has 0 radical (unpaired) electrons. The van der Waals surface area contributed by atoms with Crippen LogP contribution in [0, 0.1) is 3.57 Å². The number of methoxy groups -OCH3 is 2. The van der Waals surface area contributed by atoms with Gasteiger partial charge in [-0.2, -0.15) is 0 Å². The van der Waals surface area contributed by atoms with Gasteiger partial charge in [-0.05, 0) is 72.3 Å². The number of esters is 1. The predicted octanol–water partition coefficient (Wildman–Crippen LogP) is 4.08. The zero-order valence-corrected chi connectivity index (χ0v) is 24.3. The molecule has 1 aromatic heterocycles. The summed E-state index contributed by atoms with van der Waals surface area (Å²) in [6, 6.07) is 8.10. The van der Waals surface area contributed by atoms with Crippen LogP contribution in [0.4, 0.5) is 0 Å². The van der Waals surface area contributed by atoms with Crippen molar-refractivity contribution in [1.82, 2.24) is 4.57 Å². The van der Waals surface area contributed by atoms with E-state index in [1.807, 2.05) is 13.8 Å². The standard InChI is InChI=1S/C26H24ClIN2O6S/c1-5-35-19-8-7-14(10-20(19)36-6-2)22-17(25(32)34-4)13-29-26-30(22)24(31)21(37-26)11-15-9-16(27)12-18(28)23(15)33-3/h7-13,22H,5-6H2,1-4H3/b21-11+/t22-/m0/s1. The summed E-state index contributed by atoms with van der Waals surface area (Å²) >= 11 is 9.62. The average Bonchev–Trinajstić information content (AvgIpc) is 3.19. The molecule has 0 saturated heterocycles. The second-order valence-corrected chi connectivity index (χ2v) is 10.4. The van der Waals surface area contributed by atoms with Crippen molar-refractivity contribution in [3.63, 3.8) is 0 Å². The number of halogens is 2. The minimum Gasteiger partial charge on any atom is -0.495 e. The highest BCUT2D eigenvalue weighted by Crippen LogP contribution is 2.35. The summed E-state index contributed by atoms with van der Waals surface area (Å²) in [5.74, 6) is 1.12. The third kappa shape index (κ3) is 5.41. The lowest BCUT2D eigenvalue weighted by Gasteiger charge is -2.23. The Balaban J connectivity index is 1.94. The Bertz CT molecular complexity index is 1560. The van der Waals surface area contributed by atoms with Gasteiger partial charge in [0.2, 0.25) is 0 Å². The topological polar surface area (TPSA) is 88.4 Å². The zero-order chi connectivity index (χ0) is 26.7. The van der Waals surface area contributed by atoms with Gasteiger partial charge in [-0.25, -0.2) is 9.79 Å². The first kappa shape index (κ1) is 27.2. The minimum absolute atomic E-state index is 0.225. The van der Waals surface area contributed by atoms with Crippen molar-refractivity contribution in [2.45, 2.75) is 19.9 Å². The van der Waals surface area contributed by atoms with Crippen molar-refractivity contribution >= 4 is 57.6 Å². The van der Waals surface area contributed by atoms with E-state index in [0.29, 0.717) is 55.9 Å². The van der Waals surface area contributed by atoms with Crippen molar-refractivity contribution in [2.75, 3.05) is 27.4 Å². The summed E-state index contributed by atoms with van der Waals surface area (Å²) in [5, 5.41) is 0.521. The monoisotopic (exact) mass is 654 g/mol. The van der Waals surface area contributed by atoms with Crippen LogP contribution in [0.25, 0.3) is 6.08 Å². The number of rotatable bonds is 8. The lowest BCUT2D eigenvalue weighted by molar-refractivity contribution is -0.136. The lowest BCUT2D eigenvalue weighted by atomic mass is 9.97. The number of benzene rings is 2. The molecule has 0 bridgehead atoms. The molecule has 1 atom stereocenters. The Labute approximate surface area is 235 Å². The molecule has 2 heterocycles. The highest BCUT2D eigenvalue weighted by atomic mass is 127. The van der Waals surface area contributed by atoms with Gasteiger partial charge in [-0.15, -0.1) is 0 Å². The van der Waals surface area contributed by atoms with E-state index >= 15 is 0 Å². The van der Waals surface area contributed by atoms with Crippen molar-refractivity contribution in [2.24, 2.45) is 4.99 Å². The highest BCUT2D eigenvalue weighted by molar-refractivity contribution is 14.1. The predicted molar refractivity (Wildman–Crippen MR) is 151 cm³/mol. The zero-order valence-electron chi connectivity index (χ0n) is 20.5. The highest BCUT2D eigenvalue weighted by Gasteiger charge is 2.31. The molecule has 0 aliphatic carbocycles. The summed E-state index contributed by atoms with van der Waals surface area (Å²) in [6.07, 6.45) is 3.17. The van der Waals surface area contributed by atoms with E-state index < -0.39 is 12.0 Å². The minimum atomic E-state index is -0.776. The molecular formula is C26H24ClIN2O6S. The van der Waals surface area contributed by atoms with Crippen LogP contribution in [-0.4, -0.2) is 38.0 Å². The summed E-state index contributed by atoms with van der Waals surface area (Å²) in [6.45, 7) is 4.65. The number of carbonyl (C=O) groups is 1. The van der Waals surface area contributed by atoms with Gasteiger partial charge in [0.05, 0.1) is 47.2 Å². The fourth-order valence-corrected chi connectivity index (χ4v) is 6.27. The number of ether oxygens (including phenoxy) is 4. The largest absolute Gasteiger partial charge is 0.495 e. The smallest absolute Gasteiger partial charge is 0.337 e. The molecule has 1 aliphatic rings. The molecule has 0 amide bonds. The fourth-order valence-electron chi connectivity index (χ4n) is 4.03. The SMILES string of the molecule is CCOc1ccc([C@H]2C(C(=O)OC)=CN=c3s/c(=C/c4cc(Cl)cc(I)c4OC)c(=O)n32)cc1OCC. The van der Waals surface area contributed by atoms with E-state index in [1.54, 1.807) is 43.5 Å². The summed E-state index contributed by atoms with van der Waals surface area (Å²) in [7, 11) is 2.86. The van der Waals surface area contributed by atoms with E-state index in [1.165, 1.54) is 29.2 Å². The van der Waals surface area contributed by atoms with Crippen molar-refractivity contribution in [3.05, 3.63) is 81.5 Å². The molecule has 194 valence electrons. The number of nitrogens with zero attached hydrogens (tertiary/aromatic N) is 2. The van der Waals surface area contributed by atoms with Crippen LogP contribution in [0.3, 0.4) is 0 Å². The second-order valence-electron chi connectivity index (χ2n) is 7.76. The number of aromatic nitrogens is 1. The Kier molecular flexibility index (Phi) is 8.60. The summed E-state index contributed by atoms with van der Waals surface area (Å²) < 4.78 is 24.8. The number of thiazole rings is 1. The lowest BCUT2D eigenvalue weighted by Crippen LogP contribution is -2.39. The second kappa shape index (κ2) is 11.7. The fraction of sp³-hybridized carbons (Fsp3) is 0.269. The Hall–Kier alpha value is -2.83. The Morgan fingerprint density at radius 3 is 2.57 bits per heavy atom. The first-order chi connectivity index (χ1) is 17.8. The molecule has 0 saturated carbocycles. The van der Waals surface area contributed by atoms with Gasteiger partial charge < -0.3 is 18.9 Å². The Morgan fingerprint density at radius 2 is 1.89 bits per heavy atom. The number of carbonyl (C=O) groups excluding carboxylic acids is 1. The molecule has 11 heteroatoms. The molecule has 8 nitrogen and oxygen atoms in total. The van der Waals surface area contributed by atoms with E-state index in [9.17, 15) is 9.59 Å². The maximum Gasteiger partial charge on any atom is 0.337 e. The molecule has 3 aromatic rings. The van der Waals surface area contributed by atoms with Crippen LogP contribution in [0.5, 0.6) is 17.2 Å².